The quantitative estimate of drug-likeness (QED) is 0.0399. The van der Waals surface area contributed by atoms with E-state index in [1.807, 2.05) is 13.8 Å². The fourth-order valence-corrected chi connectivity index (χ4v) is 6.40. The third-order valence-electron chi connectivity index (χ3n) is 8.74. The molecule has 1 heterocycles. The Kier molecular flexibility index (Phi) is 14.8. The zero-order chi connectivity index (χ0) is 42.9. The van der Waals surface area contributed by atoms with E-state index < -0.39 is 53.6 Å². The van der Waals surface area contributed by atoms with Crippen molar-refractivity contribution in [1.82, 2.24) is 21.3 Å². The molecule has 1 aliphatic carbocycles. The Hall–Kier alpha value is -6.23. The number of hydrogen-bond donors (Lipinski definition) is 8. The second-order valence-corrected chi connectivity index (χ2v) is 15.6. The van der Waals surface area contributed by atoms with E-state index in [2.05, 4.69) is 26.6 Å². The minimum atomic E-state index is -1.27. The summed E-state index contributed by atoms with van der Waals surface area (Å²) < 4.78 is 11.1. The smallest absolute Gasteiger partial charge is 0.407 e. The van der Waals surface area contributed by atoms with Gasteiger partial charge in [-0.15, -0.1) is 0 Å². The van der Waals surface area contributed by atoms with Gasteiger partial charge < -0.3 is 51.1 Å². The lowest BCUT2D eigenvalue weighted by Gasteiger charge is -2.24. The monoisotopic (exact) mass is 819 g/mol. The number of phenolic OH excluding ortho intramolecular Hbond substituents is 1. The molecule has 58 heavy (non-hydrogen) atoms. The van der Waals surface area contributed by atoms with Crippen molar-refractivity contribution in [3.8, 4) is 28.2 Å². The standard InChI is InChI=1S/C41H49N5O11S/c1-21(2)17-31(38(53)54)46-36(50)30(9-7-8-16-42-40(55)57-41(4,5)6)45-35(49)22(3)43-39(58)44-23-10-13-26(29(18-23)37(51)52)34-27-14-11-24(47)19-32(27)56-33-20-25(48)12-15-28(33)34/h10-15,18-22,30-31,47H,7-9,16-17H2,1-6H3,(H,42,55)(H,45,49)(H,46,50)(H,51,52)(H,53,54)(H2,43,44,58)/t22-,30-,31-/m0/s1. The maximum atomic E-state index is 13.4. The summed E-state index contributed by atoms with van der Waals surface area (Å²) in [5, 5.41) is 44.1. The summed E-state index contributed by atoms with van der Waals surface area (Å²) in [4.78, 5) is 75.5. The number of ether oxygens (including phenoxy) is 1. The Bertz CT molecular complexity index is 2210. The number of anilines is 1. The van der Waals surface area contributed by atoms with Gasteiger partial charge in [-0.1, -0.05) is 19.9 Å². The molecule has 310 valence electrons. The Morgan fingerprint density at radius 3 is 2.19 bits per heavy atom. The number of aromatic carboxylic acids is 1. The molecule has 17 heteroatoms. The van der Waals surface area contributed by atoms with E-state index in [0.29, 0.717) is 34.9 Å². The molecule has 0 radical (unpaired) electrons. The molecule has 2 aliphatic rings. The molecule has 2 aromatic rings. The number of carbonyl (C=O) groups is 5. The maximum Gasteiger partial charge on any atom is 0.407 e. The zero-order valence-corrected chi connectivity index (χ0v) is 33.9. The molecule has 3 atom stereocenters. The van der Waals surface area contributed by atoms with Crippen molar-refractivity contribution in [2.75, 3.05) is 11.9 Å². The average molecular weight is 820 g/mol. The number of carbonyl (C=O) groups excluding carboxylic acids is 3. The van der Waals surface area contributed by atoms with E-state index >= 15 is 0 Å². The molecular weight excluding hydrogens is 771 g/mol. The first-order valence-electron chi connectivity index (χ1n) is 18.7. The van der Waals surface area contributed by atoms with Crippen LogP contribution in [0.1, 0.15) is 77.6 Å². The molecule has 3 amide bonds. The highest BCUT2D eigenvalue weighted by atomic mass is 32.1. The molecule has 0 unspecified atom stereocenters. The Morgan fingerprint density at radius 1 is 0.845 bits per heavy atom. The third-order valence-corrected chi connectivity index (χ3v) is 8.96. The minimum Gasteiger partial charge on any atom is -0.508 e. The topological polar surface area (TPSA) is 246 Å². The van der Waals surface area contributed by atoms with Crippen molar-refractivity contribution in [3.63, 3.8) is 0 Å². The number of amides is 3. The third kappa shape index (κ3) is 12.4. The summed E-state index contributed by atoms with van der Waals surface area (Å²) >= 11 is 5.46. The van der Waals surface area contributed by atoms with E-state index in [9.17, 15) is 44.1 Å². The van der Waals surface area contributed by atoms with Gasteiger partial charge in [0.25, 0.3) is 0 Å². The molecule has 0 aromatic heterocycles. The van der Waals surface area contributed by atoms with Crippen LogP contribution < -0.4 is 32.0 Å². The Labute approximate surface area is 340 Å². The first kappa shape index (κ1) is 44.5. The summed E-state index contributed by atoms with van der Waals surface area (Å²) in [6.45, 7) is 10.6. The number of carboxylic acids is 2. The number of aromatic hydroxyl groups is 1. The highest BCUT2D eigenvalue weighted by molar-refractivity contribution is 7.80. The summed E-state index contributed by atoms with van der Waals surface area (Å²) in [6.07, 6.45) is 0.518. The number of benzene rings is 3. The van der Waals surface area contributed by atoms with Crippen LogP contribution in [0.3, 0.4) is 0 Å². The first-order chi connectivity index (χ1) is 27.2. The molecule has 0 fully saturated rings. The summed E-state index contributed by atoms with van der Waals surface area (Å²) in [5.41, 5.74) is 0.608. The number of unbranched alkanes of at least 4 members (excludes halogenated alkanes) is 1. The van der Waals surface area contributed by atoms with Gasteiger partial charge >= 0.3 is 18.0 Å². The van der Waals surface area contributed by atoms with Gasteiger partial charge in [-0.05, 0) is 113 Å². The van der Waals surface area contributed by atoms with Gasteiger partial charge in [-0.2, -0.15) is 0 Å². The molecule has 2 aromatic carbocycles. The van der Waals surface area contributed by atoms with Crippen LogP contribution >= 0.6 is 12.2 Å². The van der Waals surface area contributed by atoms with E-state index in [-0.39, 0.29) is 64.2 Å². The Morgan fingerprint density at radius 2 is 1.53 bits per heavy atom. The minimum absolute atomic E-state index is 0.0356. The highest BCUT2D eigenvalue weighted by Crippen LogP contribution is 2.42. The second-order valence-electron chi connectivity index (χ2n) is 15.2. The van der Waals surface area contributed by atoms with Crippen LogP contribution in [0.4, 0.5) is 10.5 Å². The summed E-state index contributed by atoms with van der Waals surface area (Å²) in [5.74, 6) is -3.72. The molecule has 4 rings (SSSR count). The normalized spacial score (nSPS) is 12.9. The number of thiocarbonyl (C=S) groups is 1. The summed E-state index contributed by atoms with van der Waals surface area (Å²) in [7, 11) is 0. The average Bonchev–Trinajstić information content (AvgIpc) is 3.11. The first-order valence-corrected chi connectivity index (χ1v) is 19.1. The van der Waals surface area contributed by atoms with Crippen LogP contribution in [-0.2, 0) is 19.1 Å². The van der Waals surface area contributed by atoms with Crippen LogP contribution in [0.2, 0.25) is 0 Å². The number of rotatable bonds is 16. The number of phenols is 1. The number of nitrogens with one attached hydrogen (secondary N) is 5. The van der Waals surface area contributed by atoms with Crippen molar-refractivity contribution < 1.29 is 48.4 Å². The van der Waals surface area contributed by atoms with E-state index in [4.69, 9.17) is 21.4 Å². The zero-order valence-electron chi connectivity index (χ0n) is 33.1. The second kappa shape index (κ2) is 19.3. The van der Waals surface area contributed by atoms with Gasteiger partial charge in [0.1, 0.15) is 40.8 Å². The van der Waals surface area contributed by atoms with Crippen LogP contribution in [0.5, 0.6) is 5.75 Å². The van der Waals surface area contributed by atoms with Gasteiger partial charge in [0, 0.05) is 40.9 Å². The number of fused-ring (bicyclic) bond motifs is 2. The fraction of sp³-hybridized carbons (Fsp3) is 0.390. The van der Waals surface area contributed by atoms with Crippen LogP contribution in [0, 0.1) is 5.92 Å². The molecule has 0 spiro atoms. The van der Waals surface area contributed by atoms with Crippen molar-refractivity contribution in [3.05, 3.63) is 70.4 Å². The molecule has 16 nitrogen and oxygen atoms in total. The SMILES string of the molecule is CC(C)C[C@H](NC(=O)[C@H](CCCCNC(=O)OC(C)(C)C)NC(=O)[C@H](C)NC(=S)Nc1ccc(-c2c3ccc(=O)cc-3oc3cc(O)ccc23)c(C(=O)O)c1)C(=O)O. The highest BCUT2D eigenvalue weighted by Gasteiger charge is 2.29. The van der Waals surface area contributed by atoms with Gasteiger partial charge in [-0.3, -0.25) is 14.4 Å². The van der Waals surface area contributed by atoms with Gasteiger partial charge in [0.15, 0.2) is 10.5 Å². The van der Waals surface area contributed by atoms with Crippen molar-refractivity contribution in [1.29, 1.82) is 0 Å². The summed E-state index contributed by atoms with van der Waals surface area (Å²) in [6, 6.07) is 9.74. The lowest BCUT2D eigenvalue weighted by Crippen LogP contribution is -2.55. The number of hydrogen-bond acceptors (Lipinski definition) is 10. The van der Waals surface area contributed by atoms with E-state index in [0.717, 1.165) is 0 Å². The Balaban J connectivity index is 1.48. The molecule has 0 saturated carbocycles. The number of alkyl carbamates (subject to hydrolysis) is 1. The van der Waals surface area contributed by atoms with Gasteiger partial charge in [0.2, 0.25) is 11.8 Å². The molecule has 0 saturated heterocycles. The molecule has 0 bridgehead atoms. The lowest BCUT2D eigenvalue weighted by atomic mass is 9.90. The molecular formula is C41H49N5O11S. The largest absolute Gasteiger partial charge is 0.508 e. The molecule has 8 N–H and O–H groups in total. The number of carboxylic acid groups (broad SMARTS) is 2. The van der Waals surface area contributed by atoms with Crippen molar-refractivity contribution in [2.24, 2.45) is 5.92 Å². The molecule has 1 aliphatic heterocycles. The van der Waals surface area contributed by atoms with Crippen molar-refractivity contribution >= 4 is 63.8 Å². The predicted molar refractivity (Wildman–Crippen MR) is 221 cm³/mol. The van der Waals surface area contributed by atoms with E-state index in [1.54, 1.807) is 45.0 Å². The number of aliphatic carboxylic acids is 1. The van der Waals surface area contributed by atoms with Crippen LogP contribution in [0.25, 0.3) is 33.4 Å². The van der Waals surface area contributed by atoms with Crippen molar-refractivity contribution in [2.45, 2.75) is 91.0 Å². The van der Waals surface area contributed by atoms with Crippen LogP contribution in [-0.4, -0.2) is 80.5 Å². The van der Waals surface area contributed by atoms with Gasteiger partial charge in [-0.25, -0.2) is 14.4 Å². The lowest BCUT2D eigenvalue weighted by molar-refractivity contribution is -0.142. The maximum absolute atomic E-state index is 13.4. The predicted octanol–water partition coefficient (Wildman–Crippen LogP) is 5.44. The van der Waals surface area contributed by atoms with Crippen LogP contribution in [0.15, 0.2) is 63.8 Å². The van der Waals surface area contributed by atoms with E-state index in [1.165, 1.54) is 37.3 Å². The van der Waals surface area contributed by atoms with Gasteiger partial charge in [0.05, 0.1) is 5.56 Å². The fourth-order valence-electron chi connectivity index (χ4n) is 6.10.